The normalized spacial score (nSPS) is 11.6. The van der Waals surface area contributed by atoms with Gasteiger partial charge in [-0.15, -0.1) is 0 Å². The highest BCUT2D eigenvalue weighted by atomic mass is 19.4. The molecule has 0 saturated carbocycles. The molecule has 22 heavy (non-hydrogen) atoms. The van der Waals surface area contributed by atoms with Crippen molar-refractivity contribution in [2.45, 2.75) is 6.18 Å². The van der Waals surface area contributed by atoms with Gasteiger partial charge in [-0.3, -0.25) is 15.5 Å². The second kappa shape index (κ2) is 6.20. The SMILES string of the molecule is O=[N+]([O-])c1ccc(N/N=C/c2cccc(C(F)(F)F)c2)nc1. The largest absolute Gasteiger partial charge is 0.416 e. The van der Waals surface area contributed by atoms with Gasteiger partial charge in [-0.1, -0.05) is 12.1 Å². The average molecular weight is 310 g/mol. The molecule has 2 aromatic rings. The first-order chi connectivity index (χ1) is 10.4. The topological polar surface area (TPSA) is 80.4 Å². The van der Waals surface area contributed by atoms with Crippen LogP contribution in [0.2, 0.25) is 0 Å². The van der Waals surface area contributed by atoms with Crippen molar-refractivity contribution in [3.63, 3.8) is 0 Å². The third kappa shape index (κ3) is 4.01. The van der Waals surface area contributed by atoms with Gasteiger partial charge < -0.3 is 0 Å². The summed E-state index contributed by atoms with van der Waals surface area (Å²) in [5.74, 6) is 0.230. The first-order valence-electron chi connectivity index (χ1n) is 5.93. The van der Waals surface area contributed by atoms with Crippen LogP contribution in [0.15, 0.2) is 47.7 Å². The zero-order valence-electron chi connectivity index (χ0n) is 10.9. The summed E-state index contributed by atoms with van der Waals surface area (Å²) in [4.78, 5) is 13.6. The van der Waals surface area contributed by atoms with Crippen molar-refractivity contribution in [1.29, 1.82) is 0 Å². The quantitative estimate of drug-likeness (QED) is 0.533. The van der Waals surface area contributed by atoms with Gasteiger partial charge in [-0.05, 0) is 23.8 Å². The lowest BCUT2D eigenvalue weighted by Crippen LogP contribution is -2.05. The number of alkyl halides is 3. The predicted octanol–water partition coefficient (Wildman–Crippen LogP) is 3.45. The lowest BCUT2D eigenvalue weighted by atomic mass is 10.1. The van der Waals surface area contributed by atoms with Gasteiger partial charge in [0.25, 0.3) is 5.69 Å². The fourth-order valence-corrected chi connectivity index (χ4v) is 1.53. The van der Waals surface area contributed by atoms with Gasteiger partial charge in [-0.25, -0.2) is 4.98 Å². The van der Waals surface area contributed by atoms with Crippen molar-refractivity contribution >= 4 is 17.7 Å². The molecule has 9 heteroatoms. The highest BCUT2D eigenvalue weighted by Gasteiger charge is 2.30. The van der Waals surface area contributed by atoms with Crippen LogP contribution in [0.3, 0.4) is 0 Å². The Bertz CT molecular complexity index is 699. The molecule has 0 bridgehead atoms. The van der Waals surface area contributed by atoms with E-state index in [0.717, 1.165) is 18.3 Å². The molecule has 2 rings (SSSR count). The average Bonchev–Trinajstić information content (AvgIpc) is 2.47. The number of halogens is 3. The number of aromatic nitrogens is 1. The highest BCUT2D eigenvalue weighted by Crippen LogP contribution is 2.29. The summed E-state index contributed by atoms with van der Waals surface area (Å²) in [5.41, 5.74) is 1.78. The Morgan fingerprint density at radius 2 is 2.05 bits per heavy atom. The maximum Gasteiger partial charge on any atom is 0.416 e. The highest BCUT2D eigenvalue weighted by molar-refractivity contribution is 5.80. The molecule has 0 fully saturated rings. The summed E-state index contributed by atoms with van der Waals surface area (Å²) in [6.45, 7) is 0. The molecular formula is C13H9F3N4O2. The number of anilines is 1. The van der Waals surface area contributed by atoms with Gasteiger partial charge >= 0.3 is 6.18 Å². The van der Waals surface area contributed by atoms with Crippen LogP contribution in [-0.2, 0) is 6.18 Å². The number of hydrazone groups is 1. The second-order valence-corrected chi connectivity index (χ2v) is 4.15. The Balaban J connectivity index is 2.05. The molecule has 1 heterocycles. The van der Waals surface area contributed by atoms with Crippen LogP contribution in [0.25, 0.3) is 0 Å². The van der Waals surface area contributed by atoms with Crippen molar-refractivity contribution in [1.82, 2.24) is 4.98 Å². The molecule has 1 aromatic carbocycles. The monoisotopic (exact) mass is 310 g/mol. The molecule has 6 nitrogen and oxygen atoms in total. The molecule has 0 saturated heterocycles. The Kier molecular flexibility index (Phi) is 4.35. The number of pyridine rings is 1. The molecule has 0 unspecified atom stereocenters. The van der Waals surface area contributed by atoms with Crippen LogP contribution in [0, 0.1) is 10.1 Å². The molecule has 0 spiro atoms. The molecule has 0 amide bonds. The van der Waals surface area contributed by atoms with Gasteiger partial charge in [-0.2, -0.15) is 18.3 Å². The third-order valence-corrected chi connectivity index (χ3v) is 2.57. The minimum absolute atomic E-state index is 0.174. The standard InChI is InChI=1S/C13H9F3N4O2/c14-13(15,16)10-3-1-2-9(6-10)7-18-19-12-5-4-11(8-17-12)20(21)22/h1-8H,(H,17,19)/b18-7+. The smallest absolute Gasteiger partial charge is 0.261 e. The lowest BCUT2D eigenvalue weighted by molar-refractivity contribution is -0.385. The molecule has 114 valence electrons. The summed E-state index contributed by atoms with van der Waals surface area (Å²) in [6, 6.07) is 7.21. The van der Waals surface area contributed by atoms with Gasteiger partial charge in [0.2, 0.25) is 0 Å². The summed E-state index contributed by atoms with van der Waals surface area (Å²) >= 11 is 0. The predicted molar refractivity (Wildman–Crippen MR) is 73.6 cm³/mol. The number of hydrogen-bond donors (Lipinski definition) is 1. The number of hydrogen-bond acceptors (Lipinski definition) is 5. The molecular weight excluding hydrogens is 301 g/mol. The van der Waals surface area contributed by atoms with Gasteiger partial charge in [0.1, 0.15) is 12.0 Å². The minimum atomic E-state index is -4.42. The van der Waals surface area contributed by atoms with Crippen molar-refractivity contribution in [2.24, 2.45) is 5.10 Å². The molecule has 0 atom stereocenters. The number of rotatable bonds is 4. The zero-order valence-corrected chi connectivity index (χ0v) is 10.9. The van der Waals surface area contributed by atoms with E-state index in [0.29, 0.717) is 0 Å². The van der Waals surface area contributed by atoms with Crippen LogP contribution in [-0.4, -0.2) is 16.1 Å². The second-order valence-electron chi connectivity index (χ2n) is 4.15. The van der Waals surface area contributed by atoms with Crippen molar-refractivity contribution < 1.29 is 18.1 Å². The summed E-state index contributed by atoms with van der Waals surface area (Å²) in [6.07, 6.45) is -2.18. The first kappa shape index (κ1) is 15.4. The number of nitrogens with one attached hydrogen (secondary N) is 1. The Labute approximate surface area is 122 Å². The Morgan fingerprint density at radius 3 is 2.64 bits per heavy atom. The van der Waals surface area contributed by atoms with E-state index >= 15 is 0 Å². The molecule has 1 aromatic heterocycles. The van der Waals surface area contributed by atoms with Crippen molar-refractivity contribution in [3.8, 4) is 0 Å². The van der Waals surface area contributed by atoms with Crippen LogP contribution >= 0.6 is 0 Å². The van der Waals surface area contributed by atoms with E-state index in [4.69, 9.17) is 0 Å². The number of benzene rings is 1. The number of nitro groups is 1. The van der Waals surface area contributed by atoms with Crippen molar-refractivity contribution in [2.75, 3.05) is 5.43 Å². The first-order valence-corrected chi connectivity index (χ1v) is 5.93. The van der Waals surface area contributed by atoms with E-state index in [-0.39, 0.29) is 17.1 Å². The fraction of sp³-hybridized carbons (Fsp3) is 0.0769. The van der Waals surface area contributed by atoms with E-state index in [1.54, 1.807) is 0 Å². The maximum atomic E-state index is 12.5. The van der Waals surface area contributed by atoms with Gasteiger partial charge in [0, 0.05) is 6.07 Å². The van der Waals surface area contributed by atoms with E-state index < -0.39 is 16.7 Å². The van der Waals surface area contributed by atoms with E-state index in [2.05, 4.69) is 15.5 Å². The maximum absolute atomic E-state index is 12.5. The van der Waals surface area contributed by atoms with Gasteiger partial charge in [0.15, 0.2) is 0 Å². The van der Waals surface area contributed by atoms with E-state index in [1.807, 2.05) is 0 Å². The zero-order chi connectivity index (χ0) is 16.2. The summed E-state index contributed by atoms with van der Waals surface area (Å²) < 4.78 is 37.6. The van der Waals surface area contributed by atoms with E-state index in [9.17, 15) is 23.3 Å². The van der Waals surface area contributed by atoms with Crippen LogP contribution in [0.4, 0.5) is 24.7 Å². The Hall–Kier alpha value is -2.97. The van der Waals surface area contributed by atoms with Crippen molar-refractivity contribution in [3.05, 3.63) is 63.8 Å². The molecule has 0 aliphatic carbocycles. The Morgan fingerprint density at radius 1 is 1.27 bits per heavy atom. The summed E-state index contributed by atoms with van der Waals surface area (Å²) in [5, 5.41) is 14.2. The minimum Gasteiger partial charge on any atom is -0.261 e. The van der Waals surface area contributed by atoms with E-state index in [1.165, 1.54) is 30.5 Å². The number of nitrogens with zero attached hydrogens (tertiary/aromatic N) is 3. The molecule has 0 radical (unpaired) electrons. The lowest BCUT2D eigenvalue weighted by Gasteiger charge is -2.06. The van der Waals surface area contributed by atoms with Crippen LogP contribution in [0.5, 0.6) is 0 Å². The molecule has 0 aliphatic rings. The molecule has 0 aliphatic heterocycles. The molecule has 1 N–H and O–H groups in total. The van der Waals surface area contributed by atoms with Crippen LogP contribution < -0.4 is 5.43 Å². The fourth-order valence-electron chi connectivity index (χ4n) is 1.53. The van der Waals surface area contributed by atoms with Crippen LogP contribution in [0.1, 0.15) is 11.1 Å². The summed E-state index contributed by atoms with van der Waals surface area (Å²) in [7, 11) is 0. The third-order valence-electron chi connectivity index (χ3n) is 2.57. The van der Waals surface area contributed by atoms with Gasteiger partial charge in [0.05, 0.1) is 16.7 Å².